The van der Waals surface area contributed by atoms with Crippen LogP contribution in [0.5, 0.6) is 0 Å². The van der Waals surface area contributed by atoms with Crippen molar-refractivity contribution in [3.63, 3.8) is 0 Å². The van der Waals surface area contributed by atoms with Crippen LogP contribution in [-0.2, 0) is 14.2 Å². The Hall–Kier alpha value is -0.430. The first kappa shape index (κ1) is 47.0. The molecule has 0 atom stereocenters. The fraction of sp³-hybridized carbons (Fsp3) is 0.941. The Morgan fingerprint density at radius 2 is 0.860 bits per heavy atom. The topological polar surface area (TPSA) is 82.1 Å². The second-order valence-corrected chi connectivity index (χ2v) is 11.1. The Bertz CT molecular complexity index is 507. The minimum atomic E-state index is -0.870. The van der Waals surface area contributed by atoms with Gasteiger partial charge < -0.3 is 19.3 Å². The summed E-state index contributed by atoms with van der Waals surface area (Å²) < 4.78 is 19.4. The molecule has 43 heavy (non-hydrogen) atoms. The third-order valence-electron chi connectivity index (χ3n) is 6.57. The molecule has 1 N–H and O–H groups in total. The summed E-state index contributed by atoms with van der Waals surface area (Å²) >= 11 is 14.7. The van der Waals surface area contributed by atoms with Gasteiger partial charge in [0.15, 0.2) is 12.1 Å². The Morgan fingerprint density at radius 1 is 0.558 bits per heavy atom. The summed E-state index contributed by atoms with van der Waals surface area (Å²) in [6.07, 6.45) is 31.1. The van der Waals surface area contributed by atoms with E-state index in [0.717, 1.165) is 19.3 Å². The minimum Gasteiger partial charge on any atom is -0.437 e. The van der Waals surface area contributed by atoms with Gasteiger partial charge in [-0.1, -0.05) is 192 Å². The maximum Gasteiger partial charge on any atom is 0.509 e. The van der Waals surface area contributed by atoms with E-state index in [1.54, 1.807) is 6.92 Å². The highest BCUT2D eigenvalue weighted by molar-refractivity contribution is 6.61. The molecule has 0 heterocycles. The fourth-order valence-corrected chi connectivity index (χ4v) is 4.48. The Labute approximate surface area is 283 Å². The number of aliphatic hydroxyl groups excluding tert-OH is 1. The van der Waals surface area contributed by atoms with Crippen LogP contribution in [0.25, 0.3) is 0 Å². The monoisotopic (exact) mass is 679 g/mol. The molecule has 0 aliphatic heterocycles. The molecule has 6 nitrogen and oxygen atoms in total. The van der Waals surface area contributed by atoms with Gasteiger partial charge in [-0.2, -0.15) is 0 Å². The Morgan fingerprint density at radius 3 is 1.12 bits per heavy atom. The van der Waals surface area contributed by atoms with Crippen molar-refractivity contribution in [2.45, 2.75) is 182 Å². The standard InChI is InChI=1S/C16H31ClO3.C14H30O.C2H2Cl2O2.C2H6/c1-2-3-4-5-6-7-8-9-10-11-12-13-14-19-16(18)20-15-17;1-2-3-4-5-6-7-8-9-10-11-12-13-14-15;3-1-6-2(4)5;1-2/h2-15H2,1H3;15H,2-14H2,1H3;1H2;1-2H3/i;;;1D. The fourth-order valence-electron chi connectivity index (χ4n) is 4.18. The second-order valence-electron chi connectivity index (χ2n) is 10.3. The van der Waals surface area contributed by atoms with Gasteiger partial charge in [0.05, 0.1) is 6.61 Å². The quantitative estimate of drug-likeness (QED) is 0.0402. The summed E-state index contributed by atoms with van der Waals surface area (Å²) in [5.74, 6) is 0. The summed E-state index contributed by atoms with van der Waals surface area (Å²) in [5.41, 5.74) is -0.870. The van der Waals surface area contributed by atoms with Crippen LogP contribution in [0.3, 0.4) is 0 Å². The molecule has 0 aromatic carbocycles. The number of carbonyl (C=O) groups excluding carboxylic acids is 2. The van der Waals surface area contributed by atoms with E-state index in [1.807, 2.05) is 0 Å². The molecule has 0 rings (SSSR count). The van der Waals surface area contributed by atoms with Crippen LogP contribution in [0, 0.1) is 0 Å². The van der Waals surface area contributed by atoms with Gasteiger partial charge in [0, 0.05) is 19.6 Å². The summed E-state index contributed by atoms with van der Waals surface area (Å²) in [6.45, 7) is 7.63. The number of ether oxygens (including phenoxy) is 3. The predicted octanol–water partition coefficient (Wildman–Crippen LogP) is 13.3. The molecule has 0 amide bonds. The first-order valence-corrected chi connectivity index (χ1v) is 18.5. The van der Waals surface area contributed by atoms with Crippen LogP contribution in [0.15, 0.2) is 0 Å². The lowest BCUT2D eigenvalue weighted by molar-refractivity contribution is 0.0664. The Balaban J connectivity index is -0.000000291. The number of unbranched alkanes of at least 4 members (excludes halogenated alkanes) is 22. The zero-order chi connectivity index (χ0) is 33.8. The zero-order valence-corrected chi connectivity index (χ0v) is 30.4. The van der Waals surface area contributed by atoms with Gasteiger partial charge in [-0.15, -0.1) is 0 Å². The normalized spacial score (nSPS) is 10.2. The van der Waals surface area contributed by atoms with E-state index >= 15 is 0 Å². The molecule has 0 aliphatic rings. The van der Waals surface area contributed by atoms with Crippen molar-refractivity contribution < 1.29 is 30.3 Å². The molecule has 0 aromatic rings. The van der Waals surface area contributed by atoms with E-state index in [1.165, 1.54) is 135 Å². The van der Waals surface area contributed by atoms with Crippen molar-refractivity contribution in [2.75, 3.05) is 25.3 Å². The van der Waals surface area contributed by atoms with E-state index in [2.05, 4.69) is 34.9 Å². The van der Waals surface area contributed by atoms with Crippen LogP contribution in [0.1, 0.15) is 183 Å². The molecular formula is C34H69Cl3O6. The average molecular weight is 681 g/mol. The van der Waals surface area contributed by atoms with Crippen LogP contribution in [0.2, 0.25) is 0 Å². The van der Waals surface area contributed by atoms with Gasteiger partial charge in [-0.25, -0.2) is 9.59 Å². The van der Waals surface area contributed by atoms with Crippen molar-refractivity contribution in [2.24, 2.45) is 0 Å². The van der Waals surface area contributed by atoms with Crippen molar-refractivity contribution in [3.05, 3.63) is 0 Å². The summed E-state index contributed by atoms with van der Waals surface area (Å²) in [7, 11) is 0. The number of halogens is 3. The summed E-state index contributed by atoms with van der Waals surface area (Å²) in [4.78, 5) is 20.3. The predicted molar refractivity (Wildman–Crippen MR) is 187 cm³/mol. The van der Waals surface area contributed by atoms with E-state index in [9.17, 15) is 9.59 Å². The molecule has 0 unspecified atom stereocenters. The van der Waals surface area contributed by atoms with Gasteiger partial charge in [0.2, 0.25) is 0 Å². The number of aliphatic hydroxyl groups is 1. The highest BCUT2D eigenvalue weighted by Crippen LogP contribution is 2.13. The zero-order valence-electron chi connectivity index (χ0n) is 29.1. The van der Waals surface area contributed by atoms with Crippen LogP contribution in [-0.4, -0.2) is 42.0 Å². The second kappa shape index (κ2) is 51.2. The average Bonchev–Trinajstić information content (AvgIpc) is 2.99. The third kappa shape index (κ3) is 61.4. The van der Waals surface area contributed by atoms with Crippen molar-refractivity contribution in [1.29, 1.82) is 0 Å². The molecule has 9 heteroatoms. The first-order chi connectivity index (χ1) is 21.4. The first-order valence-electron chi connectivity index (χ1n) is 17.8. The molecule has 0 aromatic heterocycles. The molecule has 0 spiro atoms. The van der Waals surface area contributed by atoms with Crippen molar-refractivity contribution in [1.82, 2.24) is 0 Å². The van der Waals surface area contributed by atoms with E-state index in [0.29, 0.717) is 20.1 Å². The smallest absolute Gasteiger partial charge is 0.437 e. The highest BCUT2D eigenvalue weighted by Gasteiger charge is 2.01. The molecule has 0 radical (unpaired) electrons. The molecule has 262 valence electrons. The summed E-state index contributed by atoms with van der Waals surface area (Å²) in [6, 6.07) is -0.320. The molecule has 0 fully saturated rings. The van der Waals surface area contributed by atoms with Gasteiger partial charge >= 0.3 is 11.6 Å². The van der Waals surface area contributed by atoms with Gasteiger partial charge in [0.1, 0.15) is 0 Å². The molecule has 0 saturated heterocycles. The number of rotatable bonds is 27. The maximum atomic E-state index is 10.8. The number of hydrogen-bond donors (Lipinski definition) is 1. The maximum absolute atomic E-state index is 10.8. The molecule has 0 aliphatic carbocycles. The largest absolute Gasteiger partial charge is 0.509 e. The lowest BCUT2D eigenvalue weighted by atomic mass is 10.1. The van der Waals surface area contributed by atoms with Gasteiger partial charge in [-0.3, -0.25) is 0 Å². The van der Waals surface area contributed by atoms with Crippen LogP contribution >= 0.6 is 34.8 Å². The molecule has 0 saturated carbocycles. The van der Waals surface area contributed by atoms with Crippen molar-refractivity contribution >= 4 is 46.4 Å². The van der Waals surface area contributed by atoms with Gasteiger partial charge in [0.25, 0.3) is 0 Å². The molecular weight excluding hydrogens is 611 g/mol. The van der Waals surface area contributed by atoms with Crippen LogP contribution < -0.4 is 0 Å². The van der Waals surface area contributed by atoms with E-state index < -0.39 is 11.6 Å². The van der Waals surface area contributed by atoms with Gasteiger partial charge in [-0.05, 0) is 12.8 Å². The summed E-state index contributed by atoms with van der Waals surface area (Å²) in [5, 5.41) is 8.61. The highest BCUT2D eigenvalue weighted by atomic mass is 35.5. The number of alkyl halides is 2. The van der Waals surface area contributed by atoms with E-state index in [-0.39, 0.29) is 12.1 Å². The Kier molecular flexibility index (Phi) is 55.9. The molecule has 0 bridgehead atoms. The number of carbonyl (C=O) groups is 2. The lowest BCUT2D eigenvalue weighted by Gasteiger charge is -2.04. The van der Waals surface area contributed by atoms with E-state index in [4.69, 9.17) is 34.4 Å². The van der Waals surface area contributed by atoms with Crippen molar-refractivity contribution in [3.8, 4) is 0 Å². The SMILES string of the molecule is CCCCCCCCCCCCCCO.CCCCCCCCCCCCCCOC(=O)OCCl.O=C(Cl)OCCl.[2H]CC. The number of hydrogen-bond acceptors (Lipinski definition) is 6. The lowest BCUT2D eigenvalue weighted by Crippen LogP contribution is -2.07. The van der Waals surface area contributed by atoms with Crippen LogP contribution in [0.4, 0.5) is 9.59 Å². The third-order valence-corrected chi connectivity index (χ3v) is 6.90. The minimum absolute atomic E-state index is 0.142.